The number of anilines is 1. The summed E-state index contributed by atoms with van der Waals surface area (Å²) in [4.78, 5) is 6.84. The van der Waals surface area contributed by atoms with Crippen molar-refractivity contribution in [2.45, 2.75) is 25.8 Å². The van der Waals surface area contributed by atoms with Crippen LogP contribution in [0.1, 0.15) is 19.8 Å². The Morgan fingerprint density at radius 1 is 1.31 bits per heavy atom. The second kappa shape index (κ2) is 3.78. The van der Waals surface area contributed by atoms with Gasteiger partial charge in [-0.2, -0.15) is 0 Å². The maximum Gasteiger partial charge on any atom is 0.0703 e. The number of pyridine rings is 1. The second-order valence-electron chi connectivity index (χ2n) is 4.57. The lowest BCUT2D eigenvalue weighted by Gasteiger charge is -2.23. The van der Waals surface area contributed by atoms with Crippen molar-refractivity contribution in [3.8, 4) is 0 Å². The summed E-state index contributed by atoms with van der Waals surface area (Å²) in [5.41, 5.74) is 2.42. The van der Waals surface area contributed by atoms with Gasteiger partial charge in [0.1, 0.15) is 0 Å². The van der Waals surface area contributed by atoms with Crippen molar-refractivity contribution in [1.82, 2.24) is 4.98 Å². The van der Waals surface area contributed by atoms with E-state index in [0.717, 1.165) is 5.52 Å². The van der Waals surface area contributed by atoms with Gasteiger partial charge in [0.25, 0.3) is 0 Å². The molecule has 1 aliphatic rings. The predicted molar refractivity (Wildman–Crippen MR) is 67.8 cm³/mol. The minimum absolute atomic E-state index is 0.675. The molecule has 3 rings (SSSR count). The number of hydrogen-bond acceptors (Lipinski definition) is 2. The first-order chi connectivity index (χ1) is 7.84. The van der Waals surface area contributed by atoms with Crippen molar-refractivity contribution in [2.75, 3.05) is 11.4 Å². The zero-order chi connectivity index (χ0) is 11.0. The van der Waals surface area contributed by atoms with Crippen LogP contribution in [-0.4, -0.2) is 17.6 Å². The van der Waals surface area contributed by atoms with Crippen molar-refractivity contribution in [1.29, 1.82) is 0 Å². The molecule has 1 atom stereocenters. The largest absolute Gasteiger partial charge is 0.369 e. The summed E-state index contributed by atoms with van der Waals surface area (Å²) in [6.07, 6.45) is 4.47. The first-order valence-corrected chi connectivity index (χ1v) is 5.96. The first kappa shape index (κ1) is 9.64. The summed E-state index contributed by atoms with van der Waals surface area (Å²) >= 11 is 0. The third-order valence-corrected chi connectivity index (χ3v) is 3.47. The average Bonchev–Trinajstić information content (AvgIpc) is 2.75. The number of rotatable bonds is 1. The zero-order valence-electron chi connectivity index (χ0n) is 9.56. The molecule has 1 fully saturated rings. The van der Waals surface area contributed by atoms with Crippen LogP contribution in [0.5, 0.6) is 0 Å². The molecule has 0 bridgehead atoms. The lowest BCUT2D eigenvalue weighted by Crippen LogP contribution is -2.25. The first-order valence-electron chi connectivity index (χ1n) is 5.96. The van der Waals surface area contributed by atoms with E-state index in [1.807, 2.05) is 12.3 Å². The van der Waals surface area contributed by atoms with E-state index in [-0.39, 0.29) is 0 Å². The van der Waals surface area contributed by atoms with Crippen molar-refractivity contribution in [3.05, 3.63) is 36.5 Å². The van der Waals surface area contributed by atoms with Crippen molar-refractivity contribution >= 4 is 16.6 Å². The normalized spacial score (nSPS) is 20.6. The van der Waals surface area contributed by atoms with Gasteiger partial charge in [0, 0.05) is 29.9 Å². The summed E-state index contributed by atoms with van der Waals surface area (Å²) in [6.45, 7) is 3.49. The van der Waals surface area contributed by atoms with Crippen LogP contribution >= 0.6 is 0 Å². The third kappa shape index (κ3) is 1.54. The topological polar surface area (TPSA) is 16.1 Å². The molecule has 2 nitrogen and oxygen atoms in total. The van der Waals surface area contributed by atoms with E-state index in [2.05, 4.69) is 41.1 Å². The van der Waals surface area contributed by atoms with Gasteiger partial charge in [-0.1, -0.05) is 6.07 Å². The van der Waals surface area contributed by atoms with Gasteiger partial charge < -0.3 is 4.90 Å². The molecule has 1 unspecified atom stereocenters. The Kier molecular flexibility index (Phi) is 2.28. The number of fused-ring (bicyclic) bond motifs is 1. The van der Waals surface area contributed by atoms with Crippen LogP contribution in [0.25, 0.3) is 10.9 Å². The molecule has 0 radical (unpaired) electrons. The Hall–Kier alpha value is -1.57. The van der Waals surface area contributed by atoms with Crippen molar-refractivity contribution in [3.63, 3.8) is 0 Å². The third-order valence-electron chi connectivity index (χ3n) is 3.47. The molecule has 0 spiro atoms. The van der Waals surface area contributed by atoms with E-state index >= 15 is 0 Å². The molecule has 82 valence electrons. The molecule has 1 aromatic carbocycles. The van der Waals surface area contributed by atoms with E-state index in [0.29, 0.717) is 6.04 Å². The maximum absolute atomic E-state index is 4.35. The number of aromatic nitrogens is 1. The number of hydrogen-bond donors (Lipinski definition) is 0. The summed E-state index contributed by atoms with van der Waals surface area (Å²) in [7, 11) is 0. The molecule has 1 aliphatic heterocycles. The van der Waals surface area contributed by atoms with Crippen LogP contribution in [0.4, 0.5) is 5.69 Å². The molecule has 1 aromatic heterocycles. The lowest BCUT2D eigenvalue weighted by atomic mass is 10.1. The molecule has 2 heteroatoms. The van der Waals surface area contributed by atoms with Gasteiger partial charge >= 0.3 is 0 Å². The molecular formula is C14H16N2. The van der Waals surface area contributed by atoms with Crippen LogP contribution in [-0.2, 0) is 0 Å². The van der Waals surface area contributed by atoms with Gasteiger partial charge in [-0.05, 0) is 44.0 Å². The smallest absolute Gasteiger partial charge is 0.0703 e. The molecular weight excluding hydrogens is 196 g/mol. The van der Waals surface area contributed by atoms with E-state index < -0.39 is 0 Å². The molecule has 0 aliphatic carbocycles. The van der Waals surface area contributed by atoms with Crippen LogP contribution in [0.2, 0.25) is 0 Å². The monoisotopic (exact) mass is 212 g/mol. The van der Waals surface area contributed by atoms with E-state index in [4.69, 9.17) is 0 Å². The summed E-state index contributed by atoms with van der Waals surface area (Å²) in [5, 5.41) is 1.24. The Bertz CT molecular complexity index is 507. The summed E-state index contributed by atoms with van der Waals surface area (Å²) in [5.74, 6) is 0. The van der Waals surface area contributed by atoms with Gasteiger partial charge in [0.15, 0.2) is 0 Å². The van der Waals surface area contributed by atoms with Gasteiger partial charge in [-0.15, -0.1) is 0 Å². The standard InChI is InChI=1S/C14H16N2/c1-11-4-3-9-16(11)13-6-7-14-12(10-13)5-2-8-15-14/h2,5-8,10-11H,3-4,9H2,1H3. The van der Waals surface area contributed by atoms with Crippen LogP contribution in [0, 0.1) is 0 Å². The second-order valence-corrected chi connectivity index (χ2v) is 4.57. The highest BCUT2D eigenvalue weighted by atomic mass is 15.2. The van der Waals surface area contributed by atoms with Gasteiger partial charge in [-0.3, -0.25) is 4.98 Å². The molecule has 1 saturated heterocycles. The molecule has 0 saturated carbocycles. The molecule has 0 amide bonds. The zero-order valence-corrected chi connectivity index (χ0v) is 9.56. The maximum atomic E-state index is 4.35. The molecule has 0 N–H and O–H groups in total. The number of benzene rings is 1. The average molecular weight is 212 g/mol. The Labute approximate surface area is 95.9 Å². The van der Waals surface area contributed by atoms with Crippen molar-refractivity contribution in [2.24, 2.45) is 0 Å². The van der Waals surface area contributed by atoms with Crippen LogP contribution in [0.3, 0.4) is 0 Å². The Morgan fingerprint density at radius 2 is 2.25 bits per heavy atom. The highest BCUT2D eigenvalue weighted by molar-refractivity contribution is 5.82. The van der Waals surface area contributed by atoms with E-state index in [9.17, 15) is 0 Å². The van der Waals surface area contributed by atoms with E-state index in [1.54, 1.807) is 0 Å². The fourth-order valence-corrected chi connectivity index (χ4v) is 2.56. The number of nitrogens with zero attached hydrogens (tertiary/aromatic N) is 2. The fourth-order valence-electron chi connectivity index (χ4n) is 2.56. The van der Waals surface area contributed by atoms with Gasteiger partial charge in [0.05, 0.1) is 5.52 Å². The Balaban J connectivity index is 2.04. The molecule has 2 heterocycles. The predicted octanol–water partition coefficient (Wildman–Crippen LogP) is 3.22. The highest BCUT2D eigenvalue weighted by Gasteiger charge is 2.20. The van der Waals surface area contributed by atoms with E-state index in [1.165, 1.54) is 30.5 Å². The summed E-state index contributed by atoms with van der Waals surface area (Å²) < 4.78 is 0. The highest BCUT2D eigenvalue weighted by Crippen LogP contribution is 2.27. The minimum atomic E-state index is 0.675. The quantitative estimate of drug-likeness (QED) is 0.721. The lowest BCUT2D eigenvalue weighted by molar-refractivity contribution is 0.735. The van der Waals surface area contributed by atoms with Crippen molar-refractivity contribution < 1.29 is 0 Å². The summed E-state index contributed by atoms with van der Waals surface area (Å²) in [6, 6.07) is 11.4. The van der Waals surface area contributed by atoms with Gasteiger partial charge in [-0.25, -0.2) is 0 Å². The minimum Gasteiger partial charge on any atom is -0.369 e. The fraction of sp³-hybridized carbons (Fsp3) is 0.357. The Morgan fingerprint density at radius 3 is 3.06 bits per heavy atom. The van der Waals surface area contributed by atoms with Gasteiger partial charge in [0.2, 0.25) is 0 Å². The molecule has 2 aromatic rings. The SMILES string of the molecule is CC1CCCN1c1ccc2ncccc2c1. The van der Waals surface area contributed by atoms with Crippen LogP contribution < -0.4 is 4.90 Å². The van der Waals surface area contributed by atoms with Crippen LogP contribution in [0.15, 0.2) is 36.5 Å². The molecule has 16 heavy (non-hydrogen) atoms.